The average molecular weight is 298 g/mol. The van der Waals surface area contributed by atoms with E-state index in [2.05, 4.69) is 35.1 Å². The Morgan fingerprint density at radius 2 is 2.00 bits per heavy atom. The molecule has 0 heterocycles. The summed E-state index contributed by atoms with van der Waals surface area (Å²) < 4.78 is 0. The first-order valence-electron chi connectivity index (χ1n) is 6.02. The molecule has 0 aromatic heterocycles. The van der Waals surface area contributed by atoms with Crippen LogP contribution in [0.4, 0.5) is 0 Å². The summed E-state index contributed by atoms with van der Waals surface area (Å²) >= 11 is 3.49. The Hall–Kier alpha value is -0.830. The molecule has 1 aromatic rings. The number of benzene rings is 1. The van der Waals surface area contributed by atoms with Crippen LogP contribution in [0.1, 0.15) is 42.6 Å². The van der Waals surface area contributed by atoms with Gasteiger partial charge in [-0.2, -0.15) is 0 Å². The quantitative estimate of drug-likeness (QED) is 0.826. The molecule has 0 spiro atoms. The minimum Gasteiger partial charge on any atom is -0.346 e. The normalized spacial score (nSPS) is 11.3. The van der Waals surface area contributed by atoms with Crippen molar-refractivity contribution in [2.45, 2.75) is 39.2 Å². The summed E-state index contributed by atoms with van der Waals surface area (Å²) in [7, 11) is 0. The standard InChI is InChI=1S/C14H20BrNO/c1-4-14(5-2,10-15)16-13(17)12-8-6-7-11(3)9-12/h6-9H,4-5,10H2,1-3H3,(H,16,17). The highest BCUT2D eigenvalue weighted by Gasteiger charge is 2.27. The van der Waals surface area contributed by atoms with Crippen LogP contribution in [-0.2, 0) is 0 Å². The lowest BCUT2D eigenvalue weighted by molar-refractivity contribution is 0.0903. The zero-order valence-electron chi connectivity index (χ0n) is 10.7. The van der Waals surface area contributed by atoms with Gasteiger partial charge in [-0.3, -0.25) is 4.79 Å². The van der Waals surface area contributed by atoms with Gasteiger partial charge in [-0.1, -0.05) is 47.5 Å². The smallest absolute Gasteiger partial charge is 0.251 e. The number of carbonyl (C=O) groups excluding carboxylic acids is 1. The zero-order valence-corrected chi connectivity index (χ0v) is 12.3. The summed E-state index contributed by atoms with van der Waals surface area (Å²) in [6.07, 6.45) is 1.85. The Kier molecular flexibility index (Phi) is 5.19. The van der Waals surface area contributed by atoms with Crippen LogP contribution in [0.25, 0.3) is 0 Å². The lowest BCUT2D eigenvalue weighted by Gasteiger charge is -2.31. The van der Waals surface area contributed by atoms with E-state index in [1.54, 1.807) is 0 Å². The van der Waals surface area contributed by atoms with Crippen LogP contribution >= 0.6 is 15.9 Å². The molecule has 1 N–H and O–H groups in total. The van der Waals surface area contributed by atoms with Gasteiger partial charge < -0.3 is 5.32 Å². The number of amides is 1. The molecule has 0 radical (unpaired) electrons. The highest BCUT2D eigenvalue weighted by molar-refractivity contribution is 9.09. The van der Waals surface area contributed by atoms with Crippen LogP contribution < -0.4 is 5.32 Å². The van der Waals surface area contributed by atoms with Gasteiger partial charge in [0, 0.05) is 16.4 Å². The van der Waals surface area contributed by atoms with Crippen LogP contribution in [0, 0.1) is 6.92 Å². The van der Waals surface area contributed by atoms with Gasteiger partial charge in [0.2, 0.25) is 0 Å². The molecule has 0 bridgehead atoms. The third-order valence-electron chi connectivity index (χ3n) is 3.27. The average Bonchev–Trinajstić information content (AvgIpc) is 2.36. The summed E-state index contributed by atoms with van der Waals surface area (Å²) in [5.74, 6) is 0.0110. The molecule has 0 aliphatic rings. The lowest BCUT2D eigenvalue weighted by Crippen LogP contribution is -2.49. The van der Waals surface area contributed by atoms with E-state index >= 15 is 0 Å². The second kappa shape index (κ2) is 6.20. The molecular formula is C14H20BrNO. The van der Waals surface area contributed by atoms with Gasteiger partial charge in [0.1, 0.15) is 0 Å². The van der Waals surface area contributed by atoms with Gasteiger partial charge in [-0.15, -0.1) is 0 Å². The molecule has 0 atom stereocenters. The van der Waals surface area contributed by atoms with E-state index in [0.717, 1.165) is 29.3 Å². The predicted octanol–water partition coefficient (Wildman–Crippen LogP) is 3.68. The van der Waals surface area contributed by atoms with Crippen LogP contribution in [0.15, 0.2) is 24.3 Å². The predicted molar refractivity (Wildman–Crippen MR) is 75.8 cm³/mol. The third kappa shape index (κ3) is 3.56. The van der Waals surface area contributed by atoms with Crippen molar-refractivity contribution in [3.8, 4) is 0 Å². The van der Waals surface area contributed by atoms with Crippen molar-refractivity contribution >= 4 is 21.8 Å². The Bertz CT molecular complexity index is 377. The molecule has 1 rings (SSSR count). The van der Waals surface area contributed by atoms with Crippen molar-refractivity contribution in [3.05, 3.63) is 35.4 Å². The van der Waals surface area contributed by atoms with Crippen molar-refractivity contribution in [3.63, 3.8) is 0 Å². The molecule has 0 fully saturated rings. The van der Waals surface area contributed by atoms with Crippen LogP contribution in [0.3, 0.4) is 0 Å². The molecular weight excluding hydrogens is 278 g/mol. The van der Waals surface area contributed by atoms with Gasteiger partial charge in [0.05, 0.1) is 0 Å². The van der Waals surface area contributed by atoms with Crippen molar-refractivity contribution in [2.24, 2.45) is 0 Å². The van der Waals surface area contributed by atoms with Crippen LogP contribution in [0.2, 0.25) is 0 Å². The fourth-order valence-electron chi connectivity index (χ4n) is 1.75. The van der Waals surface area contributed by atoms with Crippen molar-refractivity contribution in [1.29, 1.82) is 0 Å². The largest absolute Gasteiger partial charge is 0.346 e. The maximum absolute atomic E-state index is 12.2. The first kappa shape index (κ1) is 14.2. The third-order valence-corrected chi connectivity index (χ3v) is 4.34. The van der Waals surface area contributed by atoms with E-state index in [9.17, 15) is 4.79 Å². The summed E-state index contributed by atoms with van der Waals surface area (Å²) in [5, 5.41) is 3.92. The van der Waals surface area contributed by atoms with Gasteiger partial charge in [0.15, 0.2) is 0 Å². The molecule has 3 heteroatoms. The summed E-state index contributed by atoms with van der Waals surface area (Å²) in [6.45, 7) is 6.19. The lowest BCUT2D eigenvalue weighted by atomic mass is 9.95. The summed E-state index contributed by atoms with van der Waals surface area (Å²) in [6, 6.07) is 7.68. The summed E-state index contributed by atoms with van der Waals surface area (Å²) in [5.41, 5.74) is 1.70. The Balaban J connectivity index is 2.84. The van der Waals surface area contributed by atoms with Crippen LogP contribution in [-0.4, -0.2) is 16.8 Å². The van der Waals surface area contributed by atoms with Crippen LogP contribution in [0.5, 0.6) is 0 Å². The molecule has 94 valence electrons. The Morgan fingerprint density at radius 1 is 1.35 bits per heavy atom. The Morgan fingerprint density at radius 3 is 2.47 bits per heavy atom. The fraction of sp³-hybridized carbons (Fsp3) is 0.500. The summed E-state index contributed by atoms with van der Waals surface area (Å²) in [4.78, 5) is 12.2. The second-order valence-corrected chi connectivity index (χ2v) is 5.01. The van der Waals surface area contributed by atoms with E-state index < -0.39 is 0 Å². The van der Waals surface area contributed by atoms with Crippen molar-refractivity contribution in [1.82, 2.24) is 5.32 Å². The number of carbonyl (C=O) groups is 1. The number of aryl methyl sites for hydroxylation is 1. The minimum atomic E-state index is -0.138. The van der Waals surface area contributed by atoms with Gasteiger partial charge in [0.25, 0.3) is 5.91 Å². The van der Waals surface area contributed by atoms with Gasteiger partial charge >= 0.3 is 0 Å². The maximum atomic E-state index is 12.2. The number of nitrogens with one attached hydrogen (secondary N) is 1. The second-order valence-electron chi connectivity index (χ2n) is 4.44. The monoisotopic (exact) mass is 297 g/mol. The highest BCUT2D eigenvalue weighted by atomic mass is 79.9. The molecule has 0 saturated heterocycles. The van der Waals surface area contributed by atoms with Crippen molar-refractivity contribution in [2.75, 3.05) is 5.33 Å². The first-order chi connectivity index (χ1) is 8.06. The first-order valence-corrected chi connectivity index (χ1v) is 7.14. The van der Waals surface area contributed by atoms with Gasteiger partial charge in [-0.25, -0.2) is 0 Å². The number of rotatable bonds is 5. The highest BCUT2D eigenvalue weighted by Crippen LogP contribution is 2.19. The topological polar surface area (TPSA) is 29.1 Å². The number of halogens is 1. The molecule has 1 aromatic carbocycles. The zero-order chi connectivity index (χ0) is 12.9. The van der Waals surface area contributed by atoms with Gasteiger partial charge in [-0.05, 0) is 31.9 Å². The number of alkyl halides is 1. The maximum Gasteiger partial charge on any atom is 0.251 e. The van der Waals surface area contributed by atoms with E-state index in [4.69, 9.17) is 0 Å². The molecule has 0 saturated carbocycles. The molecule has 17 heavy (non-hydrogen) atoms. The van der Waals surface area contributed by atoms with E-state index in [0.29, 0.717) is 0 Å². The van der Waals surface area contributed by atoms with Crippen molar-refractivity contribution < 1.29 is 4.79 Å². The minimum absolute atomic E-state index is 0.0110. The fourth-order valence-corrected chi connectivity index (χ4v) is 2.68. The molecule has 0 aliphatic heterocycles. The Labute approximate surface area is 112 Å². The van der Waals surface area contributed by atoms with E-state index in [-0.39, 0.29) is 11.4 Å². The number of hydrogen-bond acceptors (Lipinski definition) is 1. The molecule has 1 amide bonds. The SMILES string of the molecule is CCC(CC)(CBr)NC(=O)c1cccc(C)c1. The molecule has 0 unspecified atom stereocenters. The van der Waals surface area contributed by atoms with E-state index in [1.165, 1.54) is 0 Å². The molecule has 0 aliphatic carbocycles. The van der Waals surface area contributed by atoms with E-state index in [1.807, 2.05) is 31.2 Å². The molecule has 2 nitrogen and oxygen atoms in total. The number of hydrogen-bond donors (Lipinski definition) is 1.